The highest BCUT2D eigenvalue weighted by Gasteiger charge is 2.16. The Hall–Kier alpha value is -2.76. The van der Waals surface area contributed by atoms with Crippen LogP contribution < -0.4 is 5.32 Å². The second-order valence-corrected chi connectivity index (χ2v) is 6.47. The quantitative estimate of drug-likeness (QED) is 0.662. The standard InChI is InChI=1S/C20H24FN5/c1-5-15(11-22-4)18-12-23-26-9-8-19(25-20(18)26)24-14(3)17-10-16(21)7-6-13(17)2/h6-12,14-15H,5H2,1-4H3,(H,24,25)/b22-11-. The number of halogens is 1. The van der Waals surface area contributed by atoms with Crippen molar-refractivity contribution in [2.24, 2.45) is 4.99 Å². The van der Waals surface area contributed by atoms with E-state index in [2.05, 4.69) is 22.3 Å². The summed E-state index contributed by atoms with van der Waals surface area (Å²) in [7, 11) is 1.78. The van der Waals surface area contributed by atoms with E-state index < -0.39 is 0 Å². The van der Waals surface area contributed by atoms with E-state index in [0.29, 0.717) is 0 Å². The lowest BCUT2D eigenvalue weighted by molar-refractivity contribution is 0.623. The molecule has 3 aromatic rings. The van der Waals surface area contributed by atoms with Crippen LogP contribution in [0, 0.1) is 12.7 Å². The molecular weight excluding hydrogens is 329 g/mol. The van der Waals surface area contributed by atoms with Gasteiger partial charge in [0.15, 0.2) is 5.65 Å². The average Bonchev–Trinajstić information content (AvgIpc) is 3.04. The maximum Gasteiger partial charge on any atom is 0.161 e. The molecule has 6 heteroatoms. The Balaban J connectivity index is 1.92. The lowest BCUT2D eigenvalue weighted by Gasteiger charge is -2.17. The number of nitrogens with one attached hydrogen (secondary N) is 1. The highest BCUT2D eigenvalue weighted by atomic mass is 19.1. The molecule has 3 rings (SSSR count). The zero-order valence-corrected chi connectivity index (χ0v) is 15.6. The first kappa shape index (κ1) is 18.0. The van der Waals surface area contributed by atoms with E-state index in [1.165, 1.54) is 6.07 Å². The molecule has 5 nitrogen and oxygen atoms in total. The van der Waals surface area contributed by atoms with Crippen molar-refractivity contribution in [1.29, 1.82) is 0 Å². The third-order valence-electron chi connectivity index (χ3n) is 4.64. The fourth-order valence-electron chi connectivity index (χ4n) is 3.19. The molecule has 0 amide bonds. The summed E-state index contributed by atoms with van der Waals surface area (Å²) in [6, 6.07) is 6.66. The summed E-state index contributed by atoms with van der Waals surface area (Å²) in [5, 5.41) is 7.76. The second kappa shape index (κ2) is 7.64. The zero-order valence-electron chi connectivity index (χ0n) is 15.6. The van der Waals surface area contributed by atoms with Crippen molar-refractivity contribution in [3.8, 4) is 0 Å². The largest absolute Gasteiger partial charge is 0.363 e. The van der Waals surface area contributed by atoms with Crippen LogP contribution in [0.3, 0.4) is 0 Å². The Bertz CT molecular complexity index is 931. The minimum Gasteiger partial charge on any atom is -0.363 e. The highest BCUT2D eigenvalue weighted by molar-refractivity contribution is 5.72. The molecule has 2 aromatic heterocycles. The maximum atomic E-state index is 13.6. The highest BCUT2D eigenvalue weighted by Crippen LogP contribution is 2.25. The third kappa shape index (κ3) is 3.59. The van der Waals surface area contributed by atoms with Crippen molar-refractivity contribution >= 4 is 17.7 Å². The van der Waals surface area contributed by atoms with E-state index >= 15 is 0 Å². The van der Waals surface area contributed by atoms with Crippen LogP contribution in [0.5, 0.6) is 0 Å². The molecule has 2 unspecified atom stereocenters. The lowest BCUT2D eigenvalue weighted by atomic mass is 10.0. The van der Waals surface area contributed by atoms with Gasteiger partial charge in [0.2, 0.25) is 0 Å². The van der Waals surface area contributed by atoms with Gasteiger partial charge in [-0.05, 0) is 49.6 Å². The molecule has 136 valence electrons. The topological polar surface area (TPSA) is 54.6 Å². The van der Waals surface area contributed by atoms with Crippen molar-refractivity contribution in [2.75, 3.05) is 12.4 Å². The molecule has 2 heterocycles. The van der Waals surface area contributed by atoms with Crippen molar-refractivity contribution in [2.45, 2.75) is 39.2 Å². The number of fused-ring (bicyclic) bond motifs is 1. The van der Waals surface area contributed by atoms with E-state index in [0.717, 1.165) is 34.6 Å². The molecule has 1 aromatic carbocycles. The summed E-state index contributed by atoms with van der Waals surface area (Å²) in [6.45, 7) is 6.10. The molecule has 0 aliphatic rings. The molecule has 1 N–H and O–H groups in total. The van der Waals surface area contributed by atoms with Gasteiger partial charge in [-0.1, -0.05) is 13.0 Å². The number of rotatable bonds is 6. The predicted molar refractivity (Wildman–Crippen MR) is 104 cm³/mol. The van der Waals surface area contributed by atoms with Crippen LogP contribution in [0.15, 0.2) is 41.7 Å². The van der Waals surface area contributed by atoms with Crippen LogP contribution >= 0.6 is 0 Å². The van der Waals surface area contributed by atoms with Gasteiger partial charge in [0.25, 0.3) is 0 Å². The fraction of sp³-hybridized carbons (Fsp3) is 0.350. The SMILES string of the molecule is CCC(/C=N\C)c1cnn2ccc(NC(C)c3cc(F)ccc3C)nc12. The molecule has 0 saturated carbocycles. The molecule has 0 spiro atoms. The summed E-state index contributed by atoms with van der Waals surface area (Å²) in [4.78, 5) is 8.89. The monoisotopic (exact) mass is 353 g/mol. The molecule has 0 saturated heterocycles. The average molecular weight is 353 g/mol. The van der Waals surface area contributed by atoms with Gasteiger partial charge < -0.3 is 10.3 Å². The molecule has 0 bridgehead atoms. The maximum absolute atomic E-state index is 13.6. The van der Waals surface area contributed by atoms with Gasteiger partial charge in [0, 0.05) is 30.9 Å². The first-order chi connectivity index (χ1) is 12.5. The molecule has 0 fully saturated rings. The summed E-state index contributed by atoms with van der Waals surface area (Å²) >= 11 is 0. The Labute approximate surface area is 153 Å². The molecule has 26 heavy (non-hydrogen) atoms. The molecular formula is C20H24FN5. The second-order valence-electron chi connectivity index (χ2n) is 6.47. The van der Waals surface area contributed by atoms with Crippen molar-refractivity contribution < 1.29 is 4.39 Å². The first-order valence-electron chi connectivity index (χ1n) is 8.82. The van der Waals surface area contributed by atoms with Gasteiger partial charge in [-0.3, -0.25) is 0 Å². The number of benzene rings is 1. The summed E-state index contributed by atoms with van der Waals surface area (Å²) < 4.78 is 15.4. The van der Waals surface area contributed by atoms with Gasteiger partial charge in [0.05, 0.1) is 12.2 Å². The molecule has 0 radical (unpaired) electrons. The zero-order chi connectivity index (χ0) is 18.7. The Morgan fingerprint density at radius 1 is 1.31 bits per heavy atom. The number of nitrogens with zero attached hydrogens (tertiary/aromatic N) is 4. The van der Waals surface area contributed by atoms with Crippen LogP contribution in [0.2, 0.25) is 0 Å². The van der Waals surface area contributed by atoms with Gasteiger partial charge in [-0.2, -0.15) is 5.10 Å². The van der Waals surface area contributed by atoms with E-state index in [1.54, 1.807) is 23.7 Å². The van der Waals surface area contributed by atoms with Gasteiger partial charge in [-0.15, -0.1) is 0 Å². The van der Waals surface area contributed by atoms with Gasteiger partial charge in [0.1, 0.15) is 11.6 Å². The summed E-state index contributed by atoms with van der Waals surface area (Å²) in [5.74, 6) is 0.687. The number of aromatic nitrogens is 3. The molecule has 0 aliphatic heterocycles. The van der Waals surface area contributed by atoms with Crippen LogP contribution in [-0.2, 0) is 0 Å². The van der Waals surface area contributed by atoms with E-state index in [-0.39, 0.29) is 17.8 Å². The van der Waals surface area contributed by atoms with Crippen LogP contribution in [0.4, 0.5) is 10.2 Å². The first-order valence-corrected chi connectivity index (χ1v) is 8.82. The van der Waals surface area contributed by atoms with E-state index in [1.807, 2.05) is 38.5 Å². The minimum atomic E-state index is -0.231. The van der Waals surface area contributed by atoms with Gasteiger partial charge >= 0.3 is 0 Å². The number of anilines is 1. The molecule has 2 atom stereocenters. The number of aryl methyl sites for hydroxylation is 1. The van der Waals surface area contributed by atoms with Gasteiger partial charge in [-0.25, -0.2) is 13.9 Å². The van der Waals surface area contributed by atoms with Crippen LogP contribution in [0.1, 0.15) is 48.9 Å². The van der Waals surface area contributed by atoms with E-state index in [9.17, 15) is 4.39 Å². The lowest BCUT2D eigenvalue weighted by Crippen LogP contribution is -2.10. The third-order valence-corrected chi connectivity index (χ3v) is 4.64. The van der Waals surface area contributed by atoms with E-state index in [4.69, 9.17) is 4.98 Å². The summed E-state index contributed by atoms with van der Waals surface area (Å²) in [5.41, 5.74) is 3.83. The molecule has 0 aliphatic carbocycles. The van der Waals surface area contributed by atoms with Crippen molar-refractivity contribution in [3.63, 3.8) is 0 Å². The fourth-order valence-corrected chi connectivity index (χ4v) is 3.19. The minimum absolute atomic E-state index is 0.0637. The van der Waals surface area contributed by atoms with Crippen LogP contribution in [-0.4, -0.2) is 27.9 Å². The Morgan fingerprint density at radius 2 is 2.12 bits per heavy atom. The normalized spacial score (nSPS) is 14.0. The van der Waals surface area contributed by atoms with Crippen LogP contribution in [0.25, 0.3) is 5.65 Å². The number of aliphatic imine (C=N–C) groups is 1. The number of hydrogen-bond donors (Lipinski definition) is 1. The Kier molecular flexibility index (Phi) is 5.30. The predicted octanol–water partition coefficient (Wildman–Crippen LogP) is 4.54. The number of hydrogen-bond acceptors (Lipinski definition) is 4. The Morgan fingerprint density at radius 3 is 2.85 bits per heavy atom. The van der Waals surface area contributed by atoms with Crippen molar-refractivity contribution in [3.05, 3.63) is 59.2 Å². The smallest absolute Gasteiger partial charge is 0.161 e. The summed E-state index contributed by atoms with van der Waals surface area (Å²) in [6.07, 6.45) is 6.59. The van der Waals surface area contributed by atoms with Crippen molar-refractivity contribution in [1.82, 2.24) is 14.6 Å².